The van der Waals surface area contributed by atoms with Gasteiger partial charge in [-0.2, -0.15) is 0 Å². The van der Waals surface area contributed by atoms with Crippen molar-refractivity contribution < 1.29 is 23.8 Å². The molecule has 0 unspecified atom stereocenters. The summed E-state index contributed by atoms with van der Waals surface area (Å²) in [6, 6.07) is 9.90. The van der Waals surface area contributed by atoms with E-state index in [-0.39, 0.29) is 24.1 Å². The summed E-state index contributed by atoms with van der Waals surface area (Å²) in [5, 5.41) is 0. The molecule has 1 heterocycles. The smallest absolute Gasteiger partial charge is 0.313 e. The molecule has 0 N–H and O–H groups in total. The second-order valence-electron chi connectivity index (χ2n) is 6.44. The van der Waals surface area contributed by atoms with Gasteiger partial charge in [-0.05, 0) is 25.0 Å². The highest BCUT2D eigenvalue weighted by Gasteiger charge is 2.32. The van der Waals surface area contributed by atoms with Gasteiger partial charge in [0, 0.05) is 24.3 Å². The van der Waals surface area contributed by atoms with E-state index in [0.29, 0.717) is 43.3 Å². The third-order valence-corrected chi connectivity index (χ3v) is 4.45. The van der Waals surface area contributed by atoms with Gasteiger partial charge in [-0.3, -0.25) is 9.59 Å². The minimum absolute atomic E-state index is 0.0774. The first-order chi connectivity index (χ1) is 12.7. The molecule has 1 aliphatic carbocycles. The Hall–Kier alpha value is -2.40. The maximum Gasteiger partial charge on any atom is 0.313 e. The molecule has 0 fully saturated rings. The van der Waals surface area contributed by atoms with Gasteiger partial charge >= 0.3 is 5.97 Å². The van der Waals surface area contributed by atoms with E-state index in [1.54, 1.807) is 6.92 Å². The summed E-state index contributed by atoms with van der Waals surface area (Å²) in [5.74, 6) is 0.848. The molecule has 26 heavy (non-hydrogen) atoms. The van der Waals surface area contributed by atoms with Crippen molar-refractivity contribution in [3.63, 3.8) is 0 Å². The number of allylic oxidation sites excluding steroid dienone is 1. The number of esters is 1. The summed E-state index contributed by atoms with van der Waals surface area (Å²) in [6.45, 7) is 2.97. The number of ketones is 1. The summed E-state index contributed by atoms with van der Waals surface area (Å²) in [5.41, 5.74) is 1.79. The lowest BCUT2D eigenvalue weighted by molar-refractivity contribution is -0.142. The van der Waals surface area contributed by atoms with Crippen LogP contribution < -0.4 is 0 Å². The van der Waals surface area contributed by atoms with E-state index < -0.39 is 0 Å². The van der Waals surface area contributed by atoms with Gasteiger partial charge in [0.25, 0.3) is 0 Å². The van der Waals surface area contributed by atoms with Crippen LogP contribution in [0.15, 0.2) is 53.5 Å². The monoisotopic (exact) mass is 356 g/mol. The van der Waals surface area contributed by atoms with Crippen LogP contribution in [0.2, 0.25) is 0 Å². The molecule has 5 nitrogen and oxygen atoms in total. The molecule has 1 aromatic carbocycles. The van der Waals surface area contributed by atoms with Gasteiger partial charge < -0.3 is 14.2 Å². The van der Waals surface area contributed by atoms with Crippen LogP contribution in [-0.4, -0.2) is 25.0 Å². The lowest BCUT2D eigenvalue weighted by atomic mass is 9.85. The first-order valence-electron chi connectivity index (χ1n) is 9.09. The molecule has 0 spiro atoms. The molecular weight excluding hydrogens is 332 g/mol. The number of rotatable bonds is 7. The van der Waals surface area contributed by atoms with Crippen molar-refractivity contribution in [2.24, 2.45) is 5.92 Å². The summed E-state index contributed by atoms with van der Waals surface area (Å²) in [7, 11) is 0. The van der Waals surface area contributed by atoms with Gasteiger partial charge in [-0.1, -0.05) is 30.3 Å². The minimum atomic E-state index is -0.325. The fourth-order valence-corrected chi connectivity index (χ4v) is 3.31. The van der Waals surface area contributed by atoms with Gasteiger partial charge in [-0.25, -0.2) is 0 Å². The van der Waals surface area contributed by atoms with Crippen molar-refractivity contribution >= 4 is 11.8 Å². The molecule has 0 radical (unpaired) electrons. The molecule has 0 saturated carbocycles. The van der Waals surface area contributed by atoms with Crippen LogP contribution in [0.4, 0.5) is 0 Å². The summed E-state index contributed by atoms with van der Waals surface area (Å²) in [4.78, 5) is 24.2. The third kappa shape index (κ3) is 4.61. The van der Waals surface area contributed by atoms with Gasteiger partial charge in [0.15, 0.2) is 5.78 Å². The Balaban J connectivity index is 1.70. The number of hydrogen-bond acceptors (Lipinski definition) is 5. The molecule has 1 aromatic rings. The first kappa shape index (κ1) is 18.4. The van der Waals surface area contributed by atoms with E-state index in [1.165, 1.54) is 0 Å². The zero-order valence-electron chi connectivity index (χ0n) is 15.0. The Labute approximate surface area is 153 Å². The van der Waals surface area contributed by atoms with Crippen molar-refractivity contribution in [1.29, 1.82) is 0 Å². The molecule has 138 valence electrons. The molecule has 5 heteroatoms. The van der Waals surface area contributed by atoms with E-state index in [0.717, 1.165) is 18.4 Å². The van der Waals surface area contributed by atoms with Gasteiger partial charge in [0.05, 0.1) is 19.8 Å². The van der Waals surface area contributed by atoms with Crippen LogP contribution in [0.25, 0.3) is 0 Å². The van der Waals surface area contributed by atoms with Crippen LogP contribution in [0.5, 0.6) is 0 Å². The molecule has 0 aromatic heterocycles. The van der Waals surface area contributed by atoms with Crippen LogP contribution >= 0.6 is 0 Å². The zero-order valence-corrected chi connectivity index (χ0v) is 15.0. The van der Waals surface area contributed by atoms with Crippen molar-refractivity contribution in [3.8, 4) is 0 Å². The number of carbonyl (C=O) groups excluding carboxylic acids is 2. The highest BCUT2D eigenvalue weighted by Crippen LogP contribution is 2.36. The Morgan fingerprint density at radius 3 is 2.81 bits per heavy atom. The van der Waals surface area contributed by atoms with Crippen LogP contribution in [0.1, 0.15) is 38.2 Å². The second-order valence-corrected chi connectivity index (χ2v) is 6.44. The Morgan fingerprint density at radius 1 is 1.23 bits per heavy atom. The largest absolute Gasteiger partial charge is 0.466 e. The molecule has 0 bridgehead atoms. The Kier molecular flexibility index (Phi) is 6.23. The number of ether oxygens (including phenoxy) is 3. The van der Waals surface area contributed by atoms with Crippen molar-refractivity contribution in [2.45, 2.75) is 39.2 Å². The van der Waals surface area contributed by atoms with E-state index in [1.807, 2.05) is 36.4 Å². The van der Waals surface area contributed by atoms with E-state index in [9.17, 15) is 9.59 Å². The quantitative estimate of drug-likeness (QED) is 0.697. The van der Waals surface area contributed by atoms with Crippen LogP contribution in [-0.2, 0) is 30.4 Å². The SMILES string of the molecule is CCOC(=O)CC1=C[C@H](COCc2ccccc2)C2=C(CCCC2=O)O1. The van der Waals surface area contributed by atoms with E-state index >= 15 is 0 Å². The Morgan fingerprint density at radius 2 is 2.04 bits per heavy atom. The average Bonchev–Trinajstić information content (AvgIpc) is 2.62. The summed E-state index contributed by atoms with van der Waals surface area (Å²) >= 11 is 0. The number of benzene rings is 1. The topological polar surface area (TPSA) is 61.8 Å². The third-order valence-electron chi connectivity index (χ3n) is 4.45. The van der Waals surface area contributed by atoms with E-state index in [4.69, 9.17) is 14.2 Å². The predicted molar refractivity (Wildman–Crippen MR) is 95.9 cm³/mol. The maximum atomic E-state index is 12.4. The highest BCUT2D eigenvalue weighted by atomic mass is 16.5. The predicted octanol–water partition coefficient (Wildman–Crippen LogP) is 3.69. The average molecular weight is 356 g/mol. The molecule has 1 atom stereocenters. The number of Topliss-reactive ketones (excluding diaryl/α,β-unsaturated/α-hetero) is 1. The fraction of sp³-hybridized carbons (Fsp3) is 0.429. The minimum Gasteiger partial charge on any atom is -0.466 e. The fourth-order valence-electron chi connectivity index (χ4n) is 3.31. The molecule has 2 aliphatic rings. The maximum absolute atomic E-state index is 12.4. The standard InChI is InChI=1S/C21H24O5/c1-2-25-20(23)12-17-11-16(14-24-13-15-7-4-3-5-8-15)21-18(22)9-6-10-19(21)26-17/h3-5,7-8,11,16H,2,6,9-10,12-14H2,1H3/t16-/m1/s1. The van der Waals surface area contributed by atoms with Crippen LogP contribution in [0.3, 0.4) is 0 Å². The first-order valence-corrected chi connectivity index (χ1v) is 9.09. The zero-order chi connectivity index (χ0) is 18.4. The molecule has 0 amide bonds. The van der Waals surface area contributed by atoms with Crippen molar-refractivity contribution in [2.75, 3.05) is 13.2 Å². The summed E-state index contributed by atoms with van der Waals surface area (Å²) < 4.78 is 16.7. The van der Waals surface area contributed by atoms with Gasteiger partial charge in [0.1, 0.15) is 17.9 Å². The molecule has 1 aliphatic heterocycles. The second kappa shape index (κ2) is 8.81. The van der Waals surface area contributed by atoms with E-state index in [2.05, 4.69) is 0 Å². The van der Waals surface area contributed by atoms with Gasteiger partial charge in [-0.15, -0.1) is 0 Å². The molecular formula is C21H24O5. The normalized spacial score (nSPS) is 19.5. The Bertz CT molecular complexity index is 717. The summed E-state index contributed by atoms with van der Waals surface area (Å²) in [6.07, 6.45) is 3.95. The number of hydrogen-bond donors (Lipinski definition) is 0. The van der Waals surface area contributed by atoms with Crippen molar-refractivity contribution in [3.05, 3.63) is 59.1 Å². The van der Waals surface area contributed by atoms with Crippen LogP contribution in [0, 0.1) is 5.92 Å². The molecule has 3 rings (SSSR count). The lowest BCUT2D eigenvalue weighted by Crippen LogP contribution is -2.26. The van der Waals surface area contributed by atoms with Crippen molar-refractivity contribution in [1.82, 2.24) is 0 Å². The highest BCUT2D eigenvalue weighted by molar-refractivity contribution is 5.97. The van der Waals surface area contributed by atoms with Gasteiger partial charge in [0.2, 0.25) is 0 Å². The number of carbonyl (C=O) groups is 2. The lowest BCUT2D eigenvalue weighted by Gasteiger charge is -2.29. The molecule has 0 saturated heterocycles.